The third-order valence-corrected chi connectivity index (χ3v) is 7.64. The fourth-order valence-electron chi connectivity index (χ4n) is 4.40. The Morgan fingerprint density at radius 3 is 2.58 bits per heavy atom. The van der Waals surface area contributed by atoms with Gasteiger partial charge in [0.05, 0.1) is 21.8 Å². The molecule has 1 aromatic carbocycles. The number of sulfonamides is 1. The molecule has 0 aliphatic carbocycles. The van der Waals surface area contributed by atoms with E-state index in [0.717, 1.165) is 10.4 Å². The number of hydrogen-bond acceptors (Lipinski definition) is 7. The van der Waals surface area contributed by atoms with Crippen molar-refractivity contribution < 1.29 is 17.9 Å². The maximum Gasteiger partial charge on any atom is 0.286 e. The molecule has 10 heteroatoms. The number of nitrogens with zero attached hydrogens (tertiary/aromatic N) is 2. The van der Waals surface area contributed by atoms with Crippen molar-refractivity contribution in [2.75, 3.05) is 10.6 Å². The van der Waals surface area contributed by atoms with Gasteiger partial charge in [-0.25, -0.2) is 4.98 Å². The Bertz CT molecular complexity index is 1170. The van der Waals surface area contributed by atoms with Crippen LogP contribution < -0.4 is 10.6 Å². The monoisotopic (exact) mass is 462 g/mol. The van der Waals surface area contributed by atoms with Crippen molar-refractivity contribution in [3.63, 3.8) is 0 Å². The molecule has 0 saturated carbocycles. The van der Waals surface area contributed by atoms with Crippen LogP contribution in [0.5, 0.6) is 0 Å². The number of fused-ring (bicyclic) bond motifs is 1. The van der Waals surface area contributed by atoms with Crippen LogP contribution >= 0.6 is 11.3 Å². The first-order chi connectivity index (χ1) is 14.3. The van der Waals surface area contributed by atoms with Crippen molar-refractivity contribution in [1.82, 2.24) is 4.98 Å². The lowest BCUT2D eigenvalue weighted by atomic mass is 9.80. The van der Waals surface area contributed by atoms with Gasteiger partial charge in [-0.2, -0.15) is 8.42 Å². The highest BCUT2D eigenvalue weighted by atomic mass is 32.2. The number of carbonyl (C=O) groups is 1. The lowest BCUT2D eigenvalue weighted by Gasteiger charge is -2.44. The molecule has 1 amide bonds. The molecule has 31 heavy (non-hydrogen) atoms. The topological polar surface area (TPSA) is 110 Å². The average molecular weight is 463 g/mol. The molecule has 2 aliphatic heterocycles. The molecule has 2 aromatic rings. The fraction of sp³-hybridized carbons (Fsp3) is 0.476. The third-order valence-electron chi connectivity index (χ3n) is 5.25. The zero-order valence-electron chi connectivity index (χ0n) is 18.1. The van der Waals surface area contributed by atoms with E-state index in [1.54, 1.807) is 25.3 Å². The Labute approximate surface area is 186 Å². The lowest BCUT2D eigenvalue weighted by molar-refractivity contribution is -0.176. The number of thiazole rings is 1. The molecule has 166 valence electrons. The first-order valence-electron chi connectivity index (χ1n) is 10.0. The van der Waals surface area contributed by atoms with Gasteiger partial charge in [0.2, 0.25) is 5.91 Å². The van der Waals surface area contributed by atoms with Gasteiger partial charge in [0.1, 0.15) is 10.7 Å². The second-order valence-corrected chi connectivity index (χ2v) is 11.8. The van der Waals surface area contributed by atoms with Crippen LogP contribution in [-0.2, 0) is 19.6 Å². The first-order valence-corrected chi connectivity index (χ1v) is 12.3. The summed E-state index contributed by atoms with van der Waals surface area (Å²) in [5.41, 5.74) is 0.559. The number of hydrogen-bond donors (Lipinski definition) is 2. The van der Waals surface area contributed by atoms with E-state index < -0.39 is 10.0 Å². The van der Waals surface area contributed by atoms with Gasteiger partial charge in [-0.15, -0.1) is 4.40 Å². The molecule has 0 spiro atoms. The molecule has 8 nitrogen and oxygen atoms in total. The SMILES string of the molecule is CC1=NS(=O)(=O)c2ccc(-c3cnc(NC(=O)C4CC(C)(C)OC(C)(C)C4)s3)cc2N1. The highest BCUT2D eigenvalue weighted by Crippen LogP contribution is 2.40. The summed E-state index contributed by atoms with van der Waals surface area (Å²) in [6, 6.07) is 5.01. The minimum atomic E-state index is -3.69. The average Bonchev–Trinajstić information content (AvgIpc) is 3.06. The lowest BCUT2D eigenvalue weighted by Crippen LogP contribution is -2.48. The van der Waals surface area contributed by atoms with Crippen LogP contribution in [0.15, 0.2) is 33.7 Å². The number of anilines is 2. The van der Waals surface area contributed by atoms with Crippen LogP contribution in [0.25, 0.3) is 10.4 Å². The number of aromatic nitrogens is 1. The summed E-state index contributed by atoms with van der Waals surface area (Å²) in [5.74, 6) is 0.103. The summed E-state index contributed by atoms with van der Waals surface area (Å²) < 4.78 is 34.2. The molecule has 3 heterocycles. The van der Waals surface area contributed by atoms with E-state index in [0.29, 0.717) is 29.5 Å². The minimum absolute atomic E-state index is 0.0598. The van der Waals surface area contributed by atoms with Crippen molar-refractivity contribution in [1.29, 1.82) is 0 Å². The molecule has 0 atom stereocenters. The maximum atomic E-state index is 12.9. The van der Waals surface area contributed by atoms with Gasteiger partial charge in [0.15, 0.2) is 5.13 Å². The van der Waals surface area contributed by atoms with E-state index in [4.69, 9.17) is 4.74 Å². The highest BCUT2D eigenvalue weighted by Gasteiger charge is 2.42. The number of carbonyl (C=O) groups excluding carboxylic acids is 1. The van der Waals surface area contributed by atoms with E-state index in [-0.39, 0.29) is 27.9 Å². The normalized spacial score (nSPS) is 21.5. The van der Waals surface area contributed by atoms with Crippen LogP contribution in [0, 0.1) is 5.92 Å². The Balaban J connectivity index is 1.52. The molecule has 2 aliphatic rings. The van der Waals surface area contributed by atoms with Crippen molar-refractivity contribution in [3.05, 3.63) is 24.4 Å². The number of rotatable bonds is 3. The number of ether oxygens (including phenoxy) is 1. The first kappa shape index (κ1) is 21.9. The van der Waals surface area contributed by atoms with Gasteiger partial charge in [-0.1, -0.05) is 17.4 Å². The summed E-state index contributed by atoms with van der Waals surface area (Å²) in [6.45, 7) is 9.63. The third kappa shape index (κ3) is 4.65. The highest BCUT2D eigenvalue weighted by molar-refractivity contribution is 7.90. The van der Waals surface area contributed by atoms with Gasteiger partial charge in [-0.3, -0.25) is 4.79 Å². The Hall–Kier alpha value is -2.30. The molecular formula is C21H26N4O4S2. The molecule has 4 rings (SSSR count). The number of benzene rings is 1. The van der Waals surface area contributed by atoms with E-state index in [1.807, 2.05) is 27.7 Å². The molecule has 1 fully saturated rings. The zero-order valence-corrected chi connectivity index (χ0v) is 19.8. The van der Waals surface area contributed by atoms with Crippen LogP contribution in [0.2, 0.25) is 0 Å². The van der Waals surface area contributed by atoms with E-state index in [2.05, 4.69) is 20.0 Å². The predicted octanol–water partition coefficient (Wildman–Crippen LogP) is 4.27. The summed E-state index contributed by atoms with van der Waals surface area (Å²) in [5, 5.41) is 6.45. The quantitative estimate of drug-likeness (QED) is 0.705. The summed E-state index contributed by atoms with van der Waals surface area (Å²) in [6.07, 6.45) is 2.97. The molecule has 1 aromatic heterocycles. The van der Waals surface area contributed by atoms with Crippen molar-refractivity contribution in [2.45, 2.75) is 63.6 Å². The number of amides is 1. The van der Waals surface area contributed by atoms with Gasteiger partial charge in [-0.05, 0) is 65.2 Å². The molecule has 0 radical (unpaired) electrons. The molecular weight excluding hydrogens is 436 g/mol. The molecule has 2 N–H and O–H groups in total. The van der Waals surface area contributed by atoms with E-state index >= 15 is 0 Å². The van der Waals surface area contributed by atoms with Crippen molar-refractivity contribution in [2.24, 2.45) is 10.3 Å². The Morgan fingerprint density at radius 1 is 1.23 bits per heavy atom. The summed E-state index contributed by atoms with van der Waals surface area (Å²) in [7, 11) is -3.69. The second-order valence-electron chi connectivity index (χ2n) is 9.23. The standard InChI is InChI=1S/C21H26N4O4S2/c1-12-23-15-8-13(6-7-17(15)31(27,28)25-12)16-11-22-19(30-16)24-18(26)14-9-20(2,3)29-21(4,5)10-14/h6-8,11,14H,9-10H2,1-5H3,(H,23,25)(H,22,24,26). The zero-order chi connectivity index (χ0) is 22.6. The minimum Gasteiger partial charge on any atom is -0.370 e. The second kappa shape index (κ2) is 7.39. The predicted molar refractivity (Wildman–Crippen MR) is 122 cm³/mol. The van der Waals surface area contributed by atoms with Crippen molar-refractivity contribution >= 4 is 43.9 Å². The molecule has 0 unspecified atom stereocenters. The Kier molecular flexibility index (Phi) is 5.22. The fourth-order valence-corrected chi connectivity index (χ4v) is 6.35. The molecule has 0 bridgehead atoms. The van der Waals surface area contributed by atoms with Crippen LogP contribution in [0.1, 0.15) is 47.5 Å². The molecule has 1 saturated heterocycles. The van der Waals surface area contributed by atoms with Gasteiger partial charge < -0.3 is 15.4 Å². The van der Waals surface area contributed by atoms with E-state index in [9.17, 15) is 13.2 Å². The summed E-state index contributed by atoms with van der Waals surface area (Å²) in [4.78, 5) is 18.2. The largest absolute Gasteiger partial charge is 0.370 e. The van der Waals surface area contributed by atoms with E-state index in [1.165, 1.54) is 17.4 Å². The maximum absolute atomic E-state index is 12.9. The van der Waals surface area contributed by atoms with Crippen LogP contribution in [0.4, 0.5) is 10.8 Å². The summed E-state index contributed by atoms with van der Waals surface area (Å²) >= 11 is 1.35. The van der Waals surface area contributed by atoms with Gasteiger partial charge in [0, 0.05) is 12.1 Å². The van der Waals surface area contributed by atoms with Crippen LogP contribution in [-0.4, -0.2) is 36.3 Å². The Morgan fingerprint density at radius 2 is 1.90 bits per heavy atom. The van der Waals surface area contributed by atoms with Gasteiger partial charge >= 0.3 is 0 Å². The number of nitrogens with one attached hydrogen (secondary N) is 2. The number of amidine groups is 1. The van der Waals surface area contributed by atoms with Crippen LogP contribution in [0.3, 0.4) is 0 Å². The smallest absolute Gasteiger partial charge is 0.286 e. The van der Waals surface area contributed by atoms with Gasteiger partial charge in [0.25, 0.3) is 10.0 Å². The van der Waals surface area contributed by atoms with Crippen molar-refractivity contribution in [3.8, 4) is 10.4 Å².